The Kier molecular flexibility index (Phi) is 3.04. The van der Waals surface area contributed by atoms with Crippen molar-refractivity contribution in [3.63, 3.8) is 0 Å². The van der Waals surface area contributed by atoms with Crippen LogP contribution in [0, 0.1) is 11.7 Å². The van der Waals surface area contributed by atoms with E-state index in [-0.39, 0.29) is 18.2 Å². The Labute approximate surface area is 134 Å². The second-order valence-corrected chi connectivity index (χ2v) is 6.49. The lowest BCUT2D eigenvalue weighted by molar-refractivity contribution is -0.136. The number of cyclic esters (lactones) is 1. The van der Waals surface area contributed by atoms with E-state index in [1.807, 2.05) is 0 Å². The first-order chi connectivity index (χ1) is 10.6. The van der Waals surface area contributed by atoms with E-state index in [2.05, 4.69) is 20.9 Å². The van der Waals surface area contributed by atoms with Crippen LogP contribution in [0.25, 0.3) is 0 Å². The van der Waals surface area contributed by atoms with Crippen LogP contribution in [-0.2, 0) is 14.3 Å². The molecule has 2 aliphatic heterocycles. The van der Waals surface area contributed by atoms with Crippen molar-refractivity contribution in [2.75, 3.05) is 6.61 Å². The molecule has 112 valence electrons. The van der Waals surface area contributed by atoms with Crippen LogP contribution >= 0.6 is 15.9 Å². The number of aliphatic imine (C=N–C) groups is 1. The van der Waals surface area contributed by atoms with Crippen molar-refractivity contribution in [2.24, 2.45) is 10.9 Å². The van der Waals surface area contributed by atoms with Crippen LogP contribution in [0.3, 0.4) is 0 Å². The molecule has 1 saturated carbocycles. The van der Waals surface area contributed by atoms with Gasteiger partial charge in [0, 0.05) is 18.1 Å². The minimum absolute atomic E-state index is 0.0791. The van der Waals surface area contributed by atoms with Crippen molar-refractivity contribution in [1.82, 2.24) is 0 Å². The van der Waals surface area contributed by atoms with Gasteiger partial charge in [0.25, 0.3) is 0 Å². The number of rotatable bonds is 1. The number of carbonyl (C=O) groups excluding carboxylic acids is 2. The third-order valence-electron chi connectivity index (χ3n) is 4.43. The van der Waals surface area contributed by atoms with Gasteiger partial charge < -0.3 is 4.74 Å². The average Bonchev–Trinajstić information content (AvgIpc) is 3.05. The predicted molar refractivity (Wildman–Crippen MR) is 80.0 cm³/mol. The number of esters is 1. The molecule has 2 unspecified atom stereocenters. The normalized spacial score (nSPS) is 26.7. The second kappa shape index (κ2) is 4.84. The summed E-state index contributed by atoms with van der Waals surface area (Å²) in [7, 11) is 0. The van der Waals surface area contributed by atoms with Gasteiger partial charge >= 0.3 is 5.97 Å². The molecule has 0 N–H and O–H groups in total. The van der Waals surface area contributed by atoms with E-state index >= 15 is 0 Å². The van der Waals surface area contributed by atoms with Gasteiger partial charge in [0.05, 0.1) is 21.7 Å². The monoisotopic (exact) mass is 363 g/mol. The third kappa shape index (κ3) is 1.90. The van der Waals surface area contributed by atoms with Crippen LogP contribution in [0.1, 0.15) is 24.3 Å². The Hall–Kier alpha value is -1.82. The van der Waals surface area contributed by atoms with Gasteiger partial charge in [-0.05, 0) is 40.0 Å². The summed E-state index contributed by atoms with van der Waals surface area (Å²) in [4.78, 5) is 28.9. The van der Waals surface area contributed by atoms with Crippen molar-refractivity contribution in [3.05, 3.63) is 45.3 Å². The minimum Gasteiger partial charge on any atom is -0.456 e. The van der Waals surface area contributed by atoms with E-state index in [0.717, 1.165) is 11.3 Å². The third-order valence-corrected chi connectivity index (χ3v) is 5.04. The highest BCUT2D eigenvalue weighted by molar-refractivity contribution is 9.10. The molecule has 1 aromatic rings. The van der Waals surface area contributed by atoms with Gasteiger partial charge in [0.1, 0.15) is 18.2 Å². The zero-order valence-electron chi connectivity index (χ0n) is 11.4. The van der Waals surface area contributed by atoms with Crippen molar-refractivity contribution in [3.8, 4) is 0 Å². The summed E-state index contributed by atoms with van der Waals surface area (Å²) >= 11 is 3.17. The standard InChI is InChI=1S/C16H11BrFNO3/c17-8-5-7(1-2-9(8)18)13-14-10(3-4-12(14)20)19-11-6-22-16(21)15(11)13/h1-2,5,13-14H,3-4,6H2. The molecule has 3 aliphatic rings. The maximum atomic E-state index is 13.5. The molecule has 0 spiro atoms. The second-order valence-electron chi connectivity index (χ2n) is 5.63. The van der Waals surface area contributed by atoms with Gasteiger partial charge in [0.15, 0.2) is 0 Å². The first-order valence-electron chi connectivity index (χ1n) is 7.01. The number of benzene rings is 1. The number of halogens is 2. The summed E-state index contributed by atoms with van der Waals surface area (Å²) in [6.07, 6.45) is 1.06. The highest BCUT2D eigenvalue weighted by Gasteiger charge is 2.47. The molecule has 2 heterocycles. The fraction of sp³-hybridized carbons (Fsp3) is 0.312. The quantitative estimate of drug-likeness (QED) is 0.720. The molecule has 4 nitrogen and oxygen atoms in total. The molecule has 1 aromatic carbocycles. The molecule has 1 fully saturated rings. The lowest BCUT2D eigenvalue weighted by Gasteiger charge is -2.27. The Bertz CT molecular complexity index is 784. The van der Waals surface area contributed by atoms with Crippen molar-refractivity contribution in [1.29, 1.82) is 0 Å². The molecule has 1 aliphatic carbocycles. The number of hydrogen-bond donors (Lipinski definition) is 0. The number of fused-ring (bicyclic) bond motifs is 1. The average molecular weight is 364 g/mol. The molecule has 6 heteroatoms. The molecular formula is C16H11BrFNO3. The van der Waals surface area contributed by atoms with Gasteiger partial charge in [-0.3, -0.25) is 9.79 Å². The summed E-state index contributed by atoms with van der Waals surface area (Å²) in [5.41, 5.74) is 2.60. The van der Waals surface area contributed by atoms with Crippen LogP contribution in [0.4, 0.5) is 4.39 Å². The lowest BCUT2D eigenvalue weighted by atomic mass is 9.76. The van der Waals surface area contributed by atoms with E-state index in [1.165, 1.54) is 6.07 Å². The van der Waals surface area contributed by atoms with E-state index in [0.29, 0.717) is 28.6 Å². The van der Waals surface area contributed by atoms with Crippen molar-refractivity contribution < 1.29 is 18.7 Å². The molecule has 0 radical (unpaired) electrons. The number of hydrogen-bond acceptors (Lipinski definition) is 4. The molecule has 0 aromatic heterocycles. The minimum atomic E-state index is -0.429. The van der Waals surface area contributed by atoms with Crippen LogP contribution in [0.2, 0.25) is 0 Å². The molecular weight excluding hydrogens is 353 g/mol. The predicted octanol–water partition coefficient (Wildman–Crippen LogP) is 2.92. The number of Topliss-reactive ketones (excluding diaryl/α,β-unsaturated/α-hetero) is 1. The maximum absolute atomic E-state index is 13.5. The van der Waals surface area contributed by atoms with Gasteiger partial charge in [-0.1, -0.05) is 6.07 Å². The summed E-state index contributed by atoms with van der Waals surface area (Å²) in [5.74, 6) is -1.58. The van der Waals surface area contributed by atoms with E-state index in [9.17, 15) is 14.0 Å². The number of ketones is 1. The van der Waals surface area contributed by atoms with Crippen LogP contribution in [0.5, 0.6) is 0 Å². The molecule has 0 bridgehead atoms. The van der Waals surface area contributed by atoms with Crippen molar-refractivity contribution >= 4 is 33.4 Å². The summed E-state index contributed by atoms with van der Waals surface area (Å²) in [6, 6.07) is 4.59. The lowest BCUT2D eigenvalue weighted by Crippen LogP contribution is -2.29. The Morgan fingerprint density at radius 1 is 1.23 bits per heavy atom. The Balaban J connectivity index is 1.90. The van der Waals surface area contributed by atoms with Crippen LogP contribution in [0.15, 0.2) is 38.9 Å². The van der Waals surface area contributed by atoms with Crippen molar-refractivity contribution in [2.45, 2.75) is 18.8 Å². The molecule has 2 atom stereocenters. The van der Waals surface area contributed by atoms with Gasteiger partial charge in [-0.15, -0.1) is 0 Å². The highest BCUT2D eigenvalue weighted by Crippen LogP contribution is 2.46. The molecule has 22 heavy (non-hydrogen) atoms. The van der Waals surface area contributed by atoms with Gasteiger partial charge in [0.2, 0.25) is 0 Å². The zero-order chi connectivity index (χ0) is 15.4. The summed E-state index contributed by atoms with van der Waals surface area (Å²) in [6.45, 7) is 0.150. The largest absolute Gasteiger partial charge is 0.456 e. The van der Waals surface area contributed by atoms with E-state index in [1.54, 1.807) is 12.1 Å². The topological polar surface area (TPSA) is 55.7 Å². The first kappa shape index (κ1) is 13.8. The Morgan fingerprint density at radius 2 is 2.05 bits per heavy atom. The number of carbonyl (C=O) groups is 2. The Morgan fingerprint density at radius 3 is 2.82 bits per heavy atom. The number of nitrogens with zero attached hydrogens (tertiary/aromatic N) is 1. The number of ether oxygens (including phenoxy) is 1. The molecule has 0 saturated heterocycles. The molecule has 4 rings (SSSR count). The summed E-state index contributed by atoms with van der Waals surface area (Å²) in [5, 5.41) is 0. The van der Waals surface area contributed by atoms with E-state index in [4.69, 9.17) is 4.74 Å². The zero-order valence-corrected chi connectivity index (χ0v) is 13.0. The summed E-state index contributed by atoms with van der Waals surface area (Å²) < 4.78 is 18.9. The van der Waals surface area contributed by atoms with E-state index < -0.39 is 17.8 Å². The smallest absolute Gasteiger partial charge is 0.337 e. The van der Waals surface area contributed by atoms with Gasteiger partial charge in [-0.2, -0.15) is 0 Å². The van der Waals surface area contributed by atoms with Gasteiger partial charge in [-0.25, -0.2) is 9.18 Å². The fourth-order valence-electron chi connectivity index (χ4n) is 3.46. The first-order valence-corrected chi connectivity index (χ1v) is 7.81. The molecule has 0 amide bonds. The SMILES string of the molecule is O=C1OCC2=C1C(c1ccc(F)c(Br)c1)C1C(=O)CCC1=N2. The van der Waals surface area contributed by atoms with Crippen LogP contribution in [-0.4, -0.2) is 24.1 Å². The highest BCUT2D eigenvalue weighted by atomic mass is 79.9. The maximum Gasteiger partial charge on any atom is 0.337 e. The van der Waals surface area contributed by atoms with Crippen LogP contribution < -0.4 is 0 Å². The fourth-order valence-corrected chi connectivity index (χ4v) is 3.86.